The second-order valence-electron chi connectivity index (χ2n) is 7.08. The number of aryl methyl sites for hydroxylation is 1. The Balaban J connectivity index is 1.49. The number of para-hydroxylation sites is 2. The van der Waals surface area contributed by atoms with Crippen LogP contribution in [0, 0.1) is 6.92 Å². The maximum atomic E-state index is 13.1. The smallest absolute Gasteiger partial charge is 0.265 e. The molecule has 0 bridgehead atoms. The van der Waals surface area contributed by atoms with Gasteiger partial charge in [-0.05, 0) is 38.1 Å². The number of carbonyl (C=O) groups excluding carboxylic acids is 1. The second-order valence-corrected chi connectivity index (χ2v) is 8.08. The van der Waals surface area contributed by atoms with E-state index in [0.717, 1.165) is 40.9 Å². The van der Waals surface area contributed by atoms with Gasteiger partial charge in [0.25, 0.3) is 5.91 Å². The fraction of sp³-hybridized carbons (Fsp3) is 0.318. The van der Waals surface area contributed by atoms with Crippen LogP contribution in [0.4, 0.5) is 5.69 Å². The molecule has 3 heterocycles. The zero-order chi connectivity index (χ0) is 20.4. The average Bonchev–Trinajstić information content (AvgIpc) is 3.14. The van der Waals surface area contributed by atoms with Gasteiger partial charge in [-0.1, -0.05) is 18.2 Å². The number of thiazole rings is 1. The van der Waals surface area contributed by atoms with Crippen LogP contribution in [-0.4, -0.2) is 53.6 Å². The summed E-state index contributed by atoms with van der Waals surface area (Å²) in [5.74, 6) is 0.838. The molecule has 150 valence electrons. The Morgan fingerprint density at radius 1 is 1.28 bits per heavy atom. The van der Waals surface area contributed by atoms with Crippen LogP contribution in [0.2, 0.25) is 0 Å². The normalized spacial score (nSPS) is 15.6. The molecule has 1 aliphatic heterocycles. The molecule has 1 atom stereocenters. The van der Waals surface area contributed by atoms with E-state index in [9.17, 15) is 4.79 Å². The first kappa shape index (κ1) is 19.4. The van der Waals surface area contributed by atoms with Crippen molar-refractivity contribution in [1.82, 2.24) is 14.9 Å². The molecule has 4 rings (SSSR count). The summed E-state index contributed by atoms with van der Waals surface area (Å²) in [5.41, 5.74) is 2.63. The number of rotatable bonds is 5. The highest BCUT2D eigenvalue weighted by Gasteiger charge is 2.28. The van der Waals surface area contributed by atoms with E-state index in [-0.39, 0.29) is 12.0 Å². The molecule has 2 aromatic heterocycles. The summed E-state index contributed by atoms with van der Waals surface area (Å²) < 4.78 is 6.17. The van der Waals surface area contributed by atoms with Crippen molar-refractivity contribution in [2.24, 2.45) is 0 Å². The lowest BCUT2D eigenvalue weighted by Crippen LogP contribution is -2.46. The molecule has 1 aliphatic rings. The molecular weight excluding hydrogens is 384 g/mol. The topological polar surface area (TPSA) is 58.6 Å². The number of anilines is 1. The van der Waals surface area contributed by atoms with E-state index in [1.54, 1.807) is 11.1 Å². The Hall–Kier alpha value is -2.93. The highest BCUT2D eigenvalue weighted by molar-refractivity contribution is 7.17. The molecule has 1 unspecified atom stereocenters. The predicted molar refractivity (Wildman–Crippen MR) is 116 cm³/mol. The number of likely N-dealkylation sites (N-methyl/N-ethyl adjacent to an activating group) is 2. The van der Waals surface area contributed by atoms with E-state index in [2.05, 4.69) is 27.9 Å². The van der Waals surface area contributed by atoms with Crippen LogP contribution in [0.25, 0.3) is 10.7 Å². The number of hydrogen-bond acceptors (Lipinski definition) is 6. The first-order valence-electron chi connectivity index (χ1n) is 9.71. The maximum Gasteiger partial charge on any atom is 0.265 e. The monoisotopic (exact) mass is 408 g/mol. The molecule has 0 spiro atoms. The molecule has 0 fully saturated rings. The number of ether oxygens (including phenoxy) is 1. The summed E-state index contributed by atoms with van der Waals surface area (Å²) in [4.78, 5) is 26.7. The summed E-state index contributed by atoms with van der Waals surface area (Å²) >= 11 is 1.39. The van der Waals surface area contributed by atoms with Crippen LogP contribution < -0.4 is 9.64 Å². The highest BCUT2D eigenvalue weighted by Crippen LogP contribution is 2.33. The Labute approximate surface area is 174 Å². The molecule has 0 saturated carbocycles. The number of hydrogen-bond donors (Lipinski definition) is 0. The van der Waals surface area contributed by atoms with Crippen molar-refractivity contribution in [2.45, 2.75) is 20.0 Å². The molecule has 0 radical (unpaired) electrons. The van der Waals surface area contributed by atoms with Crippen molar-refractivity contribution in [3.63, 3.8) is 0 Å². The molecule has 29 heavy (non-hydrogen) atoms. The summed E-state index contributed by atoms with van der Waals surface area (Å²) in [6, 6.07) is 13.7. The third kappa shape index (κ3) is 3.96. The van der Waals surface area contributed by atoms with Crippen molar-refractivity contribution in [3.8, 4) is 16.5 Å². The SMILES string of the molecule is CCN1CC(CN(C)C(=O)c2sc(-c3ccccn3)nc2C)Oc2ccccc21. The van der Waals surface area contributed by atoms with E-state index in [0.29, 0.717) is 11.4 Å². The lowest BCUT2D eigenvalue weighted by molar-refractivity contribution is 0.0713. The highest BCUT2D eigenvalue weighted by atomic mass is 32.1. The quantitative estimate of drug-likeness (QED) is 0.641. The van der Waals surface area contributed by atoms with Crippen LogP contribution in [-0.2, 0) is 0 Å². The van der Waals surface area contributed by atoms with Crippen molar-refractivity contribution in [2.75, 3.05) is 31.6 Å². The minimum absolute atomic E-state index is 0.0345. The second kappa shape index (κ2) is 8.21. The molecule has 0 saturated heterocycles. The van der Waals surface area contributed by atoms with Gasteiger partial charge < -0.3 is 14.5 Å². The van der Waals surface area contributed by atoms with Gasteiger partial charge >= 0.3 is 0 Å². The van der Waals surface area contributed by atoms with Gasteiger partial charge in [0.05, 0.1) is 30.2 Å². The number of fused-ring (bicyclic) bond motifs is 1. The zero-order valence-electron chi connectivity index (χ0n) is 16.8. The molecule has 1 aromatic carbocycles. The van der Waals surface area contributed by atoms with Crippen molar-refractivity contribution < 1.29 is 9.53 Å². The van der Waals surface area contributed by atoms with Crippen LogP contribution in [0.15, 0.2) is 48.7 Å². The minimum Gasteiger partial charge on any atom is -0.485 e. The largest absolute Gasteiger partial charge is 0.485 e. The minimum atomic E-state index is -0.0812. The van der Waals surface area contributed by atoms with Crippen molar-refractivity contribution in [3.05, 3.63) is 59.2 Å². The Morgan fingerprint density at radius 2 is 2.07 bits per heavy atom. The third-order valence-corrected chi connectivity index (χ3v) is 6.17. The van der Waals surface area contributed by atoms with Gasteiger partial charge in [0.2, 0.25) is 0 Å². The Bertz CT molecular complexity index is 1010. The number of carbonyl (C=O) groups is 1. The maximum absolute atomic E-state index is 13.1. The Kier molecular flexibility index (Phi) is 5.49. The molecule has 6 nitrogen and oxygen atoms in total. The van der Waals surface area contributed by atoms with E-state index in [4.69, 9.17) is 4.74 Å². The van der Waals surface area contributed by atoms with Crippen LogP contribution in [0.1, 0.15) is 22.3 Å². The third-order valence-electron chi connectivity index (χ3n) is 5.00. The van der Waals surface area contributed by atoms with E-state index < -0.39 is 0 Å². The lowest BCUT2D eigenvalue weighted by atomic mass is 10.2. The van der Waals surface area contributed by atoms with Crippen molar-refractivity contribution in [1.29, 1.82) is 0 Å². The number of benzene rings is 1. The average molecular weight is 409 g/mol. The number of amides is 1. The van der Waals surface area contributed by atoms with E-state index in [1.165, 1.54) is 11.3 Å². The number of pyridine rings is 1. The van der Waals surface area contributed by atoms with Gasteiger partial charge in [0, 0.05) is 19.8 Å². The zero-order valence-corrected chi connectivity index (χ0v) is 17.6. The molecule has 0 N–H and O–H groups in total. The first-order chi connectivity index (χ1) is 14.1. The summed E-state index contributed by atoms with van der Waals surface area (Å²) in [7, 11) is 1.82. The fourth-order valence-corrected chi connectivity index (χ4v) is 4.57. The van der Waals surface area contributed by atoms with Crippen LogP contribution >= 0.6 is 11.3 Å². The Morgan fingerprint density at radius 3 is 2.83 bits per heavy atom. The summed E-state index contributed by atoms with van der Waals surface area (Å²) in [6.07, 6.45) is 1.65. The van der Waals surface area contributed by atoms with Gasteiger partial charge in [-0.2, -0.15) is 0 Å². The van der Waals surface area contributed by atoms with E-state index >= 15 is 0 Å². The van der Waals surface area contributed by atoms with Gasteiger partial charge in [0.1, 0.15) is 21.7 Å². The van der Waals surface area contributed by atoms with Crippen molar-refractivity contribution >= 4 is 22.9 Å². The first-order valence-corrected chi connectivity index (χ1v) is 10.5. The number of aromatic nitrogens is 2. The van der Waals surface area contributed by atoms with Gasteiger partial charge in [-0.15, -0.1) is 11.3 Å². The van der Waals surface area contributed by atoms with Crippen LogP contribution in [0.3, 0.4) is 0 Å². The van der Waals surface area contributed by atoms with Gasteiger partial charge in [-0.25, -0.2) is 4.98 Å². The van der Waals surface area contributed by atoms with Gasteiger partial charge in [0.15, 0.2) is 0 Å². The molecule has 7 heteroatoms. The van der Waals surface area contributed by atoms with E-state index in [1.807, 2.05) is 50.4 Å². The standard InChI is InChI=1S/C22H24N4O2S/c1-4-26-14-16(28-19-11-6-5-10-18(19)26)13-25(3)22(27)20-15(2)24-21(29-20)17-9-7-8-12-23-17/h5-12,16H,4,13-14H2,1-3H3. The molecule has 0 aliphatic carbocycles. The lowest BCUT2D eigenvalue weighted by Gasteiger charge is -2.37. The summed E-state index contributed by atoms with van der Waals surface area (Å²) in [5, 5.41) is 0.764. The fourth-order valence-electron chi connectivity index (χ4n) is 3.53. The predicted octanol–water partition coefficient (Wildman–Crippen LogP) is 3.87. The molecule has 1 amide bonds. The summed E-state index contributed by atoms with van der Waals surface area (Å²) in [6.45, 7) is 6.17. The van der Waals surface area contributed by atoms with Crippen LogP contribution in [0.5, 0.6) is 5.75 Å². The molecular formula is C22H24N4O2S. The number of nitrogens with zero attached hydrogens (tertiary/aromatic N) is 4. The molecule has 3 aromatic rings. The van der Waals surface area contributed by atoms with Gasteiger partial charge in [-0.3, -0.25) is 9.78 Å².